The van der Waals surface area contributed by atoms with Crippen LogP contribution in [0.3, 0.4) is 0 Å². The molecule has 1 fully saturated rings. The summed E-state index contributed by atoms with van der Waals surface area (Å²) in [5, 5.41) is 0. The summed E-state index contributed by atoms with van der Waals surface area (Å²) < 4.78 is 0. The van der Waals surface area contributed by atoms with Crippen LogP contribution in [-0.2, 0) is 6.42 Å². The second kappa shape index (κ2) is 6.13. The quantitative estimate of drug-likeness (QED) is 0.841. The van der Waals surface area contributed by atoms with Gasteiger partial charge in [0.1, 0.15) is 0 Å². The zero-order valence-electron chi connectivity index (χ0n) is 13.7. The lowest BCUT2D eigenvalue weighted by Crippen LogP contribution is -2.51. The molecule has 3 heteroatoms. The smallest absolute Gasteiger partial charge is 0.0553 e. The molecule has 1 unspecified atom stereocenters. The van der Waals surface area contributed by atoms with E-state index in [1.54, 1.807) is 0 Å². The van der Waals surface area contributed by atoms with Crippen molar-refractivity contribution in [3.05, 3.63) is 24.0 Å². The number of aromatic nitrogens is 1. The molecule has 20 heavy (non-hydrogen) atoms. The van der Waals surface area contributed by atoms with Crippen molar-refractivity contribution in [3.63, 3.8) is 0 Å². The fourth-order valence-corrected chi connectivity index (χ4v) is 2.97. The fraction of sp³-hybridized carbons (Fsp3) is 0.706. The second-order valence-corrected chi connectivity index (χ2v) is 6.69. The van der Waals surface area contributed by atoms with Crippen LogP contribution in [0.25, 0.3) is 0 Å². The molecule has 0 spiro atoms. The second-order valence-electron chi connectivity index (χ2n) is 6.69. The highest BCUT2D eigenvalue weighted by Gasteiger charge is 2.34. The zero-order chi connectivity index (χ0) is 14.8. The Hall–Kier alpha value is -1.09. The van der Waals surface area contributed by atoms with E-state index in [4.69, 9.17) is 0 Å². The SMILES string of the molecule is CCc1ccc(N2CCCC(C(C)(C)N(C)C)C2)cn1. The van der Waals surface area contributed by atoms with Gasteiger partial charge in [-0.1, -0.05) is 6.92 Å². The molecule has 1 aromatic rings. The minimum Gasteiger partial charge on any atom is -0.370 e. The van der Waals surface area contributed by atoms with Crippen LogP contribution in [0, 0.1) is 5.92 Å². The number of hydrogen-bond acceptors (Lipinski definition) is 3. The predicted octanol–water partition coefficient (Wildman–Crippen LogP) is 3.20. The summed E-state index contributed by atoms with van der Waals surface area (Å²) in [5.41, 5.74) is 2.70. The van der Waals surface area contributed by atoms with Crippen molar-refractivity contribution in [2.75, 3.05) is 32.1 Å². The largest absolute Gasteiger partial charge is 0.370 e. The van der Waals surface area contributed by atoms with Crippen LogP contribution in [0.4, 0.5) is 5.69 Å². The maximum atomic E-state index is 4.54. The number of nitrogens with zero attached hydrogens (tertiary/aromatic N) is 3. The number of anilines is 1. The Bertz CT molecular complexity index is 422. The Kier molecular flexibility index (Phi) is 4.69. The molecule has 1 aromatic heterocycles. The van der Waals surface area contributed by atoms with E-state index in [2.05, 4.69) is 61.8 Å². The van der Waals surface area contributed by atoms with E-state index >= 15 is 0 Å². The Labute approximate surface area is 124 Å². The van der Waals surface area contributed by atoms with E-state index in [1.807, 2.05) is 6.20 Å². The summed E-state index contributed by atoms with van der Waals surface area (Å²) in [6.07, 6.45) is 5.65. The monoisotopic (exact) mass is 275 g/mol. The van der Waals surface area contributed by atoms with Gasteiger partial charge >= 0.3 is 0 Å². The first-order valence-corrected chi connectivity index (χ1v) is 7.82. The molecule has 1 aliphatic heterocycles. The normalized spacial score (nSPS) is 20.5. The number of piperidine rings is 1. The highest BCUT2D eigenvalue weighted by atomic mass is 15.2. The van der Waals surface area contributed by atoms with Crippen molar-refractivity contribution in [2.24, 2.45) is 5.92 Å². The molecule has 1 aliphatic rings. The molecule has 2 heterocycles. The van der Waals surface area contributed by atoms with Crippen molar-refractivity contribution in [1.82, 2.24) is 9.88 Å². The minimum absolute atomic E-state index is 0.245. The summed E-state index contributed by atoms with van der Waals surface area (Å²) in [6.45, 7) is 9.17. The number of aryl methyl sites for hydroxylation is 1. The van der Waals surface area contributed by atoms with Gasteiger partial charge in [-0.2, -0.15) is 0 Å². The lowest BCUT2D eigenvalue weighted by Gasteiger charge is -2.45. The van der Waals surface area contributed by atoms with Crippen LogP contribution < -0.4 is 4.90 Å². The molecule has 0 aliphatic carbocycles. The molecule has 0 aromatic carbocycles. The third kappa shape index (κ3) is 3.14. The van der Waals surface area contributed by atoms with Gasteiger partial charge in [-0.05, 0) is 65.3 Å². The van der Waals surface area contributed by atoms with Gasteiger partial charge in [0, 0.05) is 24.3 Å². The maximum Gasteiger partial charge on any atom is 0.0553 e. The molecular weight excluding hydrogens is 246 g/mol. The van der Waals surface area contributed by atoms with Gasteiger partial charge in [-0.25, -0.2) is 0 Å². The molecule has 0 bridgehead atoms. The standard InChI is InChI=1S/C17H29N3/c1-6-15-9-10-16(12-18-15)20-11-7-8-14(13-20)17(2,3)19(4)5/h9-10,12,14H,6-8,11,13H2,1-5H3. The van der Waals surface area contributed by atoms with Crippen LogP contribution in [0.15, 0.2) is 18.3 Å². The third-order valence-electron chi connectivity index (χ3n) is 5.11. The van der Waals surface area contributed by atoms with Crippen LogP contribution in [0.2, 0.25) is 0 Å². The average molecular weight is 275 g/mol. The number of hydrogen-bond donors (Lipinski definition) is 0. The molecule has 112 valence electrons. The fourth-order valence-electron chi connectivity index (χ4n) is 2.97. The topological polar surface area (TPSA) is 19.4 Å². The average Bonchev–Trinajstić information content (AvgIpc) is 2.47. The van der Waals surface area contributed by atoms with Crippen molar-refractivity contribution < 1.29 is 0 Å². The molecule has 0 saturated carbocycles. The van der Waals surface area contributed by atoms with Gasteiger partial charge in [-0.15, -0.1) is 0 Å². The summed E-state index contributed by atoms with van der Waals surface area (Å²) >= 11 is 0. The Morgan fingerprint density at radius 3 is 2.65 bits per heavy atom. The Balaban J connectivity index is 2.10. The van der Waals surface area contributed by atoms with Crippen molar-refractivity contribution >= 4 is 5.69 Å². The van der Waals surface area contributed by atoms with Crippen molar-refractivity contribution in [2.45, 2.75) is 45.6 Å². The molecule has 1 atom stereocenters. The van der Waals surface area contributed by atoms with Crippen LogP contribution in [-0.4, -0.2) is 42.6 Å². The van der Waals surface area contributed by atoms with Gasteiger partial charge in [0.15, 0.2) is 0 Å². The van der Waals surface area contributed by atoms with E-state index in [0.29, 0.717) is 5.92 Å². The molecule has 0 radical (unpaired) electrons. The zero-order valence-corrected chi connectivity index (χ0v) is 13.7. The summed E-state index contributed by atoms with van der Waals surface area (Å²) in [5.74, 6) is 0.706. The summed E-state index contributed by atoms with van der Waals surface area (Å²) in [7, 11) is 4.38. The highest BCUT2D eigenvalue weighted by molar-refractivity contribution is 5.45. The number of pyridine rings is 1. The van der Waals surface area contributed by atoms with E-state index < -0.39 is 0 Å². The van der Waals surface area contributed by atoms with E-state index in [9.17, 15) is 0 Å². The van der Waals surface area contributed by atoms with E-state index in [-0.39, 0.29) is 5.54 Å². The van der Waals surface area contributed by atoms with Crippen molar-refractivity contribution in [3.8, 4) is 0 Å². The maximum absolute atomic E-state index is 4.54. The van der Waals surface area contributed by atoms with Gasteiger partial charge < -0.3 is 9.80 Å². The first-order chi connectivity index (χ1) is 9.45. The van der Waals surface area contributed by atoms with Gasteiger partial charge in [-0.3, -0.25) is 4.98 Å². The minimum atomic E-state index is 0.245. The predicted molar refractivity (Wildman–Crippen MR) is 86.3 cm³/mol. The number of rotatable bonds is 4. The first kappa shape index (κ1) is 15.3. The molecule has 1 saturated heterocycles. The lowest BCUT2D eigenvalue weighted by molar-refractivity contribution is 0.104. The lowest BCUT2D eigenvalue weighted by atomic mass is 9.80. The molecule has 3 nitrogen and oxygen atoms in total. The van der Waals surface area contributed by atoms with Gasteiger partial charge in [0.25, 0.3) is 0 Å². The van der Waals surface area contributed by atoms with Crippen LogP contribution in [0.5, 0.6) is 0 Å². The Morgan fingerprint density at radius 2 is 2.10 bits per heavy atom. The third-order valence-corrected chi connectivity index (χ3v) is 5.11. The summed E-state index contributed by atoms with van der Waals surface area (Å²) in [4.78, 5) is 9.41. The van der Waals surface area contributed by atoms with E-state index in [1.165, 1.54) is 24.2 Å². The van der Waals surface area contributed by atoms with Crippen molar-refractivity contribution in [1.29, 1.82) is 0 Å². The van der Waals surface area contributed by atoms with E-state index in [0.717, 1.165) is 19.5 Å². The molecule has 2 rings (SSSR count). The molecule has 0 amide bonds. The van der Waals surface area contributed by atoms with Gasteiger partial charge in [0.2, 0.25) is 0 Å². The van der Waals surface area contributed by atoms with Crippen LogP contribution in [0.1, 0.15) is 39.3 Å². The Morgan fingerprint density at radius 1 is 1.35 bits per heavy atom. The summed E-state index contributed by atoms with van der Waals surface area (Å²) in [6, 6.07) is 4.40. The first-order valence-electron chi connectivity index (χ1n) is 7.82. The highest BCUT2D eigenvalue weighted by Crippen LogP contribution is 2.32. The van der Waals surface area contributed by atoms with Crippen LogP contribution >= 0.6 is 0 Å². The molecular formula is C17H29N3. The molecule has 0 N–H and O–H groups in total. The van der Waals surface area contributed by atoms with Gasteiger partial charge in [0.05, 0.1) is 11.9 Å².